The molecule has 0 amide bonds. The Kier molecular flexibility index (Phi) is 3.44. The lowest BCUT2D eigenvalue weighted by Crippen LogP contribution is -2.07. The van der Waals surface area contributed by atoms with E-state index < -0.39 is 11.6 Å². The average molecular weight is 255 g/mol. The van der Waals surface area contributed by atoms with Gasteiger partial charge in [-0.1, -0.05) is 24.3 Å². The van der Waals surface area contributed by atoms with Gasteiger partial charge in [-0.05, 0) is 18.6 Å². The Morgan fingerprint density at radius 1 is 1.35 bits per heavy atom. The maximum atomic E-state index is 13.5. The summed E-state index contributed by atoms with van der Waals surface area (Å²) in [6.07, 6.45) is 0.722. The molecule has 90 valence electrons. The Morgan fingerprint density at radius 3 is 2.82 bits per heavy atom. The van der Waals surface area contributed by atoms with Gasteiger partial charge in [0.2, 0.25) is 0 Å². The van der Waals surface area contributed by atoms with Crippen LogP contribution < -0.4 is 5.73 Å². The Hall–Kier alpha value is -1.40. The molecular formula is C11H11F2N3S. The van der Waals surface area contributed by atoms with Gasteiger partial charge in [-0.3, -0.25) is 0 Å². The van der Waals surface area contributed by atoms with E-state index in [-0.39, 0.29) is 11.6 Å². The average Bonchev–Trinajstić information content (AvgIpc) is 2.81. The lowest BCUT2D eigenvalue weighted by Gasteiger charge is -2.01. The van der Waals surface area contributed by atoms with E-state index in [0.717, 1.165) is 12.5 Å². The normalized spacial score (nSPS) is 12.7. The van der Waals surface area contributed by atoms with Gasteiger partial charge in [-0.25, -0.2) is 8.78 Å². The molecule has 1 atom stereocenters. The first-order valence-electron chi connectivity index (χ1n) is 5.16. The molecule has 1 aromatic heterocycles. The van der Waals surface area contributed by atoms with Gasteiger partial charge >= 0.3 is 0 Å². The number of benzene rings is 1. The predicted octanol–water partition coefficient (Wildman–Crippen LogP) is 2.89. The van der Waals surface area contributed by atoms with E-state index in [1.165, 1.54) is 23.5 Å². The monoisotopic (exact) mass is 255 g/mol. The Bertz CT molecular complexity index is 527. The van der Waals surface area contributed by atoms with Gasteiger partial charge in [0.1, 0.15) is 5.01 Å². The third kappa shape index (κ3) is 2.32. The zero-order valence-electron chi connectivity index (χ0n) is 9.15. The van der Waals surface area contributed by atoms with Crippen LogP contribution in [0, 0.1) is 11.6 Å². The summed E-state index contributed by atoms with van der Waals surface area (Å²) < 4.78 is 26.6. The standard InChI is InChI=1S/C11H11F2N3S/c1-2-8(14)11-16-15-10(17-11)6-4-3-5-7(12)9(6)13/h3-5,8H,2,14H2,1H3. The third-order valence-corrected chi connectivity index (χ3v) is 3.47. The molecule has 0 bridgehead atoms. The largest absolute Gasteiger partial charge is 0.322 e. The van der Waals surface area contributed by atoms with Gasteiger partial charge in [0.15, 0.2) is 16.6 Å². The topological polar surface area (TPSA) is 51.8 Å². The minimum Gasteiger partial charge on any atom is -0.322 e. The van der Waals surface area contributed by atoms with Gasteiger partial charge in [0, 0.05) is 0 Å². The van der Waals surface area contributed by atoms with Crippen molar-refractivity contribution in [2.24, 2.45) is 5.73 Å². The van der Waals surface area contributed by atoms with Crippen molar-refractivity contribution < 1.29 is 8.78 Å². The maximum Gasteiger partial charge on any atom is 0.169 e. The first kappa shape index (κ1) is 12.1. The molecule has 2 aromatic rings. The highest BCUT2D eigenvalue weighted by Gasteiger charge is 2.16. The molecule has 0 aliphatic rings. The van der Waals surface area contributed by atoms with Crippen molar-refractivity contribution in [1.82, 2.24) is 10.2 Å². The van der Waals surface area contributed by atoms with E-state index in [4.69, 9.17) is 5.73 Å². The van der Waals surface area contributed by atoms with Crippen LogP contribution in [0.3, 0.4) is 0 Å². The van der Waals surface area contributed by atoms with Crippen LogP contribution in [-0.2, 0) is 0 Å². The van der Waals surface area contributed by atoms with Crippen molar-refractivity contribution in [2.45, 2.75) is 19.4 Å². The van der Waals surface area contributed by atoms with Crippen LogP contribution in [0.5, 0.6) is 0 Å². The number of rotatable bonds is 3. The van der Waals surface area contributed by atoms with Crippen LogP contribution in [-0.4, -0.2) is 10.2 Å². The van der Waals surface area contributed by atoms with Crippen LogP contribution >= 0.6 is 11.3 Å². The van der Waals surface area contributed by atoms with Gasteiger partial charge in [-0.15, -0.1) is 10.2 Å². The molecule has 0 spiro atoms. The summed E-state index contributed by atoms with van der Waals surface area (Å²) in [5, 5.41) is 8.71. The highest BCUT2D eigenvalue weighted by atomic mass is 32.1. The number of nitrogens with zero attached hydrogens (tertiary/aromatic N) is 2. The molecular weight excluding hydrogens is 244 g/mol. The molecule has 0 saturated carbocycles. The maximum absolute atomic E-state index is 13.5. The number of hydrogen-bond donors (Lipinski definition) is 1. The SMILES string of the molecule is CCC(N)c1nnc(-c2cccc(F)c2F)s1. The molecule has 0 fully saturated rings. The Labute approximate surface area is 101 Å². The minimum absolute atomic E-state index is 0.122. The molecule has 17 heavy (non-hydrogen) atoms. The highest BCUT2D eigenvalue weighted by Crippen LogP contribution is 2.29. The molecule has 1 heterocycles. The molecule has 0 aliphatic heterocycles. The minimum atomic E-state index is -0.903. The first-order valence-corrected chi connectivity index (χ1v) is 5.98. The zero-order valence-corrected chi connectivity index (χ0v) is 9.97. The van der Waals surface area contributed by atoms with Gasteiger partial charge in [-0.2, -0.15) is 0 Å². The van der Waals surface area contributed by atoms with Crippen LogP contribution in [0.25, 0.3) is 10.6 Å². The number of nitrogens with two attached hydrogens (primary N) is 1. The van der Waals surface area contributed by atoms with E-state index >= 15 is 0 Å². The summed E-state index contributed by atoms with van der Waals surface area (Å²) >= 11 is 1.19. The molecule has 2 rings (SSSR count). The molecule has 3 nitrogen and oxygen atoms in total. The van der Waals surface area contributed by atoms with Crippen LogP contribution in [0.15, 0.2) is 18.2 Å². The lowest BCUT2D eigenvalue weighted by molar-refractivity contribution is 0.511. The Balaban J connectivity index is 2.40. The summed E-state index contributed by atoms with van der Waals surface area (Å²) in [5.74, 6) is -1.79. The van der Waals surface area contributed by atoms with E-state index in [1.807, 2.05) is 6.92 Å². The van der Waals surface area contributed by atoms with Gasteiger partial charge < -0.3 is 5.73 Å². The lowest BCUT2D eigenvalue weighted by atomic mass is 10.2. The summed E-state index contributed by atoms with van der Waals surface area (Å²) in [4.78, 5) is 0. The smallest absolute Gasteiger partial charge is 0.169 e. The van der Waals surface area contributed by atoms with Gasteiger partial charge in [0.05, 0.1) is 11.6 Å². The van der Waals surface area contributed by atoms with E-state index in [2.05, 4.69) is 10.2 Å². The van der Waals surface area contributed by atoms with Crippen molar-refractivity contribution in [1.29, 1.82) is 0 Å². The zero-order chi connectivity index (χ0) is 12.4. The van der Waals surface area contributed by atoms with E-state index in [1.54, 1.807) is 0 Å². The molecule has 1 aromatic carbocycles. The fourth-order valence-corrected chi connectivity index (χ4v) is 2.28. The van der Waals surface area contributed by atoms with Crippen molar-refractivity contribution in [2.75, 3.05) is 0 Å². The highest BCUT2D eigenvalue weighted by molar-refractivity contribution is 7.14. The quantitative estimate of drug-likeness (QED) is 0.917. The second kappa shape index (κ2) is 4.85. The molecule has 2 N–H and O–H groups in total. The molecule has 1 unspecified atom stereocenters. The molecule has 0 aliphatic carbocycles. The number of hydrogen-bond acceptors (Lipinski definition) is 4. The Morgan fingerprint density at radius 2 is 2.12 bits per heavy atom. The number of halogens is 2. The third-order valence-electron chi connectivity index (χ3n) is 2.38. The summed E-state index contributed by atoms with van der Waals surface area (Å²) in [7, 11) is 0. The van der Waals surface area contributed by atoms with E-state index in [9.17, 15) is 8.78 Å². The van der Waals surface area contributed by atoms with Crippen molar-refractivity contribution in [3.8, 4) is 10.6 Å². The fourth-order valence-electron chi connectivity index (χ4n) is 1.34. The van der Waals surface area contributed by atoms with E-state index in [0.29, 0.717) is 10.0 Å². The summed E-state index contributed by atoms with van der Waals surface area (Å²) in [5.41, 5.74) is 5.92. The van der Waals surface area contributed by atoms with Crippen LogP contribution in [0.2, 0.25) is 0 Å². The van der Waals surface area contributed by atoms with Crippen LogP contribution in [0.1, 0.15) is 24.4 Å². The fraction of sp³-hybridized carbons (Fsp3) is 0.273. The summed E-state index contributed by atoms with van der Waals surface area (Å²) in [6.45, 7) is 1.93. The second-order valence-electron chi connectivity index (χ2n) is 3.56. The molecule has 6 heteroatoms. The van der Waals surface area contributed by atoms with Crippen molar-refractivity contribution in [3.63, 3.8) is 0 Å². The first-order chi connectivity index (χ1) is 8.13. The van der Waals surface area contributed by atoms with Crippen molar-refractivity contribution >= 4 is 11.3 Å². The van der Waals surface area contributed by atoms with Crippen LogP contribution in [0.4, 0.5) is 8.78 Å². The predicted molar refractivity (Wildman–Crippen MR) is 62.5 cm³/mol. The number of aromatic nitrogens is 2. The molecule has 0 radical (unpaired) electrons. The summed E-state index contributed by atoms with van der Waals surface area (Å²) in [6, 6.07) is 3.77. The van der Waals surface area contributed by atoms with Crippen molar-refractivity contribution in [3.05, 3.63) is 34.8 Å². The van der Waals surface area contributed by atoms with Gasteiger partial charge in [0.25, 0.3) is 0 Å². The second-order valence-corrected chi connectivity index (χ2v) is 4.57. The molecule has 0 saturated heterocycles.